The smallest absolute Gasteiger partial charge is 0.138 e. The molecule has 0 spiro atoms. The van der Waals surface area contributed by atoms with Crippen LogP contribution in [-0.2, 0) is 6.42 Å². The van der Waals surface area contributed by atoms with Gasteiger partial charge in [-0.2, -0.15) is 0 Å². The van der Waals surface area contributed by atoms with Crippen molar-refractivity contribution in [3.63, 3.8) is 0 Å². The summed E-state index contributed by atoms with van der Waals surface area (Å²) in [5, 5.41) is 19.9. The van der Waals surface area contributed by atoms with Crippen LogP contribution in [-0.4, -0.2) is 16.8 Å². The van der Waals surface area contributed by atoms with Crippen molar-refractivity contribution < 1.29 is 19.7 Å². The fourth-order valence-electron chi connectivity index (χ4n) is 3.48. The maximum Gasteiger partial charge on any atom is 0.138 e. The van der Waals surface area contributed by atoms with Gasteiger partial charge in [0, 0.05) is 22.8 Å². The summed E-state index contributed by atoms with van der Waals surface area (Å²) in [4.78, 5) is 0. The van der Waals surface area contributed by atoms with Gasteiger partial charge in [0.2, 0.25) is 0 Å². The van der Waals surface area contributed by atoms with Gasteiger partial charge >= 0.3 is 0 Å². The van der Waals surface area contributed by atoms with Gasteiger partial charge in [-0.05, 0) is 38.5 Å². The van der Waals surface area contributed by atoms with Crippen LogP contribution in [0.3, 0.4) is 0 Å². The van der Waals surface area contributed by atoms with E-state index in [9.17, 15) is 10.2 Å². The molecule has 2 aliphatic rings. The van der Waals surface area contributed by atoms with Crippen LogP contribution in [0.2, 0.25) is 0 Å². The molecule has 0 unspecified atom stereocenters. The first-order valence-electron chi connectivity index (χ1n) is 8.15. The minimum Gasteiger partial charge on any atom is -0.508 e. The Kier molecular flexibility index (Phi) is 3.41. The molecule has 124 valence electrons. The van der Waals surface area contributed by atoms with Gasteiger partial charge < -0.3 is 19.7 Å². The normalized spacial score (nSPS) is 20.2. The number of allylic oxidation sites excluding steroid dienone is 2. The molecule has 0 aromatic heterocycles. The molecule has 0 aliphatic carbocycles. The predicted molar refractivity (Wildman–Crippen MR) is 91.0 cm³/mol. The van der Waals surface area contributed by atoms with E-state index in [0.29, 0.717) is 18.8 Å². The molecule has 24 heavy (non-hydrogen) atoms. The second-order valence-electron chi connectivity index (χ2n) is 6.65. The molecular weight excluding hydrogens is 304 g/mol. The quantitative estimate of drug-likeness (QED) is 0.812. The first-order chi connectivity index (χ1) is 11.5. The number of ether oxygens (including phenoxy) is 2. The Morgan fingerprint density at radius 3 is 2.75 bits per heavy atom. The second kappa shape index (κ2) is 5.48. The number of hydrogen-bond acceptors (Lipinski definition) is 4. The molecule has 2 aliphatic heterocycles. The van der Waals surface area contributed by atoms with Crippen LogP contribution in [0.15, 0.2) is 42.0 Å². The molecule has 0 bridgehead atoms. The Balaban J connectivity index is 1.76. The molecule has 0 saturated heterocycles. The lowest BCUT2D eigenvalue weighted by molar-refractivity contribution is 0.138. The number of aromatic hydroxyl groups is 2. The Morgan fingerprint density at radius 1 is 1.17 bits per heavy atom. The average molecular weight is 324 g/mol. The molecule has 4 nitrogen and oxygen atoms in total. The Bertz CT molecular complexity index is 834. The molecule has 2 aromatic carbocycles. The van der Waals surface area contributed by atoms with Gasteiger partial charge in [0.25, 0.3) is 0 Å². The maximum absolute atomic E-state index is 10.2. The Hall–Kier alpha value is -2.62. The monoisotopic (exact) mass is 324 g/mol. The van der Waals surface area contributed by atoms with E-state index in [2.05, 4.69) is 6.08 Å². The lowest BCUT2D eigenvalue weighted by Crippen LogP contribution is -2.24. The fourth-order valence-corrected chi connectivity index (χ4v) is 3.48. The van der Waals surface area contributed by atoms with Gasteiger partial charge in [-0.1, -0.05) is 17.7 Å². The van der Waals surface area contributed by atoms with Crippen molar-refractivity contribution >= 4 is 0 Å². The number of phenols is 2. The molecule has 0 saturated carbocycles. The third kappa shape index (κ3) is 2.30. The van der Waals surface area contributed by atoms with Crippen molar-refractivity contribution in [2.75, 3.05) is 6.61 Å². The van der Waals surface area contributed by atoms with Crippen LogP contribution in [0.4, 0.5) is 0 Å². The molecule has 2 heterocycles. The standard InChI is InChI=1S/C20H20O4/c1-11(2)3-5-14-17(22)8-7-15-19(14)23-10-16-13-6-4-12(21)9-18(13)24-20(15)16/h3-4,6-9,16,20-22H,5,10H2,1-2H3/t16-,20-/m1/s1. The van der Waals surface area contributed by atoms with E-state index >= 15 is 0 Å². The number of hydrogen-bond donors (Lipinski definition) is 2. The third-order valence-corrected chi connectivity index (χ3v) is 4.71. The molecular formula is C20H20O4. The summed E-state index contributed by atoms with van der Waals surface area (Å²) in [5.41, 5.74) is 4.01. The van der Waals surface area contributed by atoms with Gasteiger partial charge in [0.1, 0.15) is 29.1 Å². The molecule has 2 aromatic rings. The van der Waals surface area contributed by atoms with Crippen LogP contribution in [0.1, 0.15) is 42.6 Å². The Morgan fingerprint density at radius 2 is 1.96 bits per heavy atom. The second-order valence-corrected chi connectivity index (χ2v) is 6.65. The molecule has 0 amide bonds. The highest BCUT2D eigenvalue weighted by atomic mass is 16.5. The summed E-state index contributed by atoms with van der Waals surface area (Å²) in [5.74, 6) is 1.99. The minimum atomic E-state index is -0.142. The molecule has 4 heteroatoms. The third-order valence-electron chi connectivity index (χ3n) is 4.71. The maximum atomic E-state index is 10.2. The van der Waals surface area contributed by atoms with E-state index in [1.165, 1.54) is 5.57 Å². The summed E-state index contributed by atoms with van der Waals surface area (Å²) in [6, 6.07) is 8.81. The van der Waals surface area contributed by atoms with E-state index in [0.717, 1.165) is 22.4 Å². The highest BCUT2D eigenvalue weighted by Crippen LogP contribution is 2.53. The van der Waals surface area contributed by atoms with Crippen LogP contribution in [0, 0.1) is 0 Å². The number of rotatable bonds is 2. The lowest BCUT2D eigenvalue weighted by atomic mass is 9.87. The van der Waals surface area contributed by atoms with Gasteiger partial charge in [-0.15, -0.1) is 0 Å². The van der Waals surface area contributed by atoms with Crippen LogP contribution < -0.4 is 9.47 Å². The summed E-state index contributed by atoms with van der Waals surface area (Å²) in [7, 11) is 0. The van der Waals surface area contributed by atoms with Crippen LogP contribution in [0.5, 0.6) is 23.0 Å². The molecule has 2 atom stereocenters. The van der Waals surface area contributed by atoms with E-state index in [4.69, 9.17) is 9.47 Å². The zero-order chi connectivity index (χ0) is 16.8. The molecule has 2 N–H and O–H groups in total. The van der Waals surface area contributed by atoms with Crippen molar-refractivity contribution in [2.45, 2.75) is 32.3 Å². The zero-order valence-corrected chi connectivity index (χ0v) is 13.7. The van der Waals surface area contributed by atoms with E-state index < -0.39 is 0 Å². The first-order valence-corrected chi connectivity index (χ1v) is 8.15. The summed E-state index contributed by atoms with van der Waals surface area (Å²) >= 11 is 0. The van der Waals surface area contributed by atoms with E-state index in [-0.39, 0.29) is 23.5 Å². The number of phenolic OH excluding ortho intramolecular Hbond substituents is 2. The number of fused-ring (bicyclic) bond motifs is 5. The van der Waals surface area contributed by atoms with Crippen molar-refractivity contribution in [3.8, 4) is 23.0 Å². The Labute approximate surface area is 141 Å². The molecule has 0 fully saturated rings. The summed E-state index contributed by atoms with van der Waals surface area (Å²) in [6.45, 7) is 4.57. The van der Waals surface area contributed by atoms with Gasteiger partial charge in [0.05, 0.1) is 12.5 Å². The van der Waals surface area contributed by atoms with Crippen molar-refractivity contribution in [1.29, 1.82) is 0 Å². The van der Waals surface area contributed by atoms with Crippen molar-refractivity contribution in [2.24, 2.45) is 0 Å². The highest BCUT2D eigenvalue weighted by Gasteiger charge is 2.41. The van der Waals surface area contributed by atoms with Crippen molar-refractivity contribution in [1.82, 2.24) is 0 Å². The van der Waals surface area contributed by atoms with Crippen LogP contribution >= 0.6 is 0 Å². The van der Waals surface area contributed by atoms with E-state index in [1.807, 2.05) is 26.0 Å². The summed E-state index contributed by atoms with van der Waals surface area (Å²) < 4.78 is 12.1. The predicted octanol–water partition coefficient (Wildman–Crippen LogP) is 4.22. The molecule has 4 rings (SSSR count). The topological polar surface area (TPSA) is 58.9 Å². The zero-order valence-electron chi connectivity index (χ0n) is 13.7. The fraction of sp³-hybridized carbons (Fsp3) is 0.300. The first kappa shape index (κ1) is 14.9. The summed E-state index contributed by atoms with van der Waals surface area (Å²) in [6.07, 6.45) is 2.56. The van der Waals surface area contributed by atoms with Crippen LogP contribution in [0.25, 0.3) is 0 Å². The lowest BCUT2D eigenvalue weighted by Gasteiger charge is -2.29. The largest absolute Gasteiger partial charge is 0.508 e. The minimum absolute atomic E-state index is 0.106. The number of benzene rings is 2. The van der Waals surface area contributed by atoms with E-state index in [1.54, 1.807) is 18.2 Å². The van der Waals surface area contributed by atoms with Gasteiger partial charge in [-0.25, -0.2) is 0 Å². The van der Waals surface area contributed by atoms with Gasteiger partial charge in [0.15, 0.2) is 0 Å². The molecule has 0 radical (unpaired) electrons. The highest BCUT2D eigenvalue weighted by molar-refractivity contribution is 5.56. The average Bonchev–Trinajstić information content (AvgIpc) is 2.91. The SMILES string of the molecule is CC(C)=CCc1c(O)ccc2c1OC[C@@H]1c3ccc(O)cc3O[C@H]21. The van der Waals surface area contributed by atoms with Crippen molar-refractivity contribution in [3.05, 3.63) is 58.7 Å². The van der Waals surface area contributed by atoms with Gasteiger partial charge in [-0.3, -0.25) is 0 Å².